The smallest absolute Gasteiger partial charge is 0.261 e. The van der Waals surface area contributed by atoms with Gasteiger partial charge in [0.2, 0.25) is 5.43 Å². The number of ketones is 1. The molecule has 3 aromatic rings. The molecule has 126 valence electrons. The summed E-state index contributed by atoms with van der Waals surface area (Å²) in [6, 6.07) is 11.5. The molecule has 0 aliphatic heterocycles. The second kappa shape index (κ2) is 6.60. The van der Waals surface area contributed by atoms with Crippen molar-refractivity contribution in [1.29, 1.82) is 0 Å². The normalized spacial score (nSPS) is 10.5. The Morgan fingerprint density at radius 2 is 1.80 bits per heavy atom. The van der Waals surface area contributed by atoms with Crippen LogP contribution in [-0.2, 0) is 0 Å². The molecule has 2 aromatic carbocycles. The first-order valence-corrected chi connectivity index (χ1v) is 7.61. The zero-order valence-electron chi connectivity index (χ0n) is 13.8. The number of aromatic nitrogens is 1. The summed E-state index contributed by atoms with van der Waals surface area (Å²) in [5, 5.41) is 3.03. The van der Waals surface area contributed by atoms with Crippen molar-refractivity contribution in [2.24, 2.45) is 0 Å². The summed E-state index contributed by atoms with van der Waals surface area (Å²) in [7, 11) is 1.51. The number of H-pyrrole nitrogens is 1. The summed E-state index contributed by atoms with van der Waals surface area (Å²) >= 11 is 0. The Kier molecular flexibility index (Phi) is 4.35. The molecular weight excluding hydrogens is 320 g/mol. The van der Waals surface area contributed by atoms with E-state index in [2.05, 4.69) is 10.3 Å². The number of carbonyl (C=O) groups excluding carboxylic acids is 2. The Balaban J connectivity index is 1.92. The molecule has 1 amide bonds. The zero-order valence-corrected chi connectivity index (χ0v) is 13.8. The van der Waals surface area contributed by atoms with Crippen molar-refractivity contribution >= 4 is 28.3 Å². The molecule has 0 fully saturated rings. The molecule has 0 aliphatic carbocycles. The highest BCUT2D eigenvalue weighted by atomic mass is 16.5. The van der Waals surface area contributed by atoms with Crippen molar-refractivity contribution in [2.75, 3.05) is 12.4 Å². The number of hydrogen-bond acceptors (Lipinski definition) is 4. The van der Waals surface area contributed by atoms with Crippen LogP contribution in [0.15, 0.2) is 53.5 Å². The molecule has 0 aliphatic rings. The van der Waals surface area contributed by atoms with Crippen LogP contribution in [0.25, 0.3) is 10.9 Å². The largest absolute Gasteiger partial charge is 0.497 e. The van der Waals surface area contributed by atoms with E-state index in [9.17, 15) is 14.4 Å². The number of carbonyl (C=O) groups is 2. The number of aromatic amines is 1. The number of pyridine rings is 1. The lowest BCUT2D eigenvalue weighted by Crippen LogP contribution is -2.22. The Hall–Kier alpha value is -3.41. The van der Waals surface area contributed by atoms with Crippen LogP contribution < -0.4 is 15.5 Å². The van der Waals surface area contributed by atoms with E-state index in [1.165, 1.54) is 20.2 Å². The molecule has 6 nitrogen and oxygen atoms in total. The molecule has 0 atom stereocenters. The van der Waals surface area contributed by atoms with Crippen LogP contribution in [0.1, 0.15) is 27.6 Å². The van der Waals surface area contributed by atoms with Gasteiger partial charge in [0, 0.05) is 28.4 Å². The number of rotatable bonds is 4. The Bertz CT molecular complexity index is 1020. The monoisotopic (exact) mass is 336 g/mol. The quantitative estimate of drug-likeness (QED) is 0.717. The van der Waals surface area contributed by atoms with Gasteiger partial charge in [0.25, 0.3) is 5.91 Å². The number of hydrogen-bond donors (Lipinski definition) is 2. The average Bonchev–Trinajstić information content (AvgIpc) is 2.62. The molecule has 25 heavy (non-hydrogen) atoms. The van der Waals surface area contributed by atoms with E-state index in [0.29, 0.717) is 27.9 Å². The number of benzene rings is 2. The number of ether oxygens (including phenoxy) is 1. The predicted octanol–water partition coefficient (Wildman–Crippen LogP) is 2.99. The zero-order chi connectivity index (χ0) is 18.0. The molecule has 0 spiro atoms. The van der Waals surface area contributed by atoms with Gasteiger partial charge < -0.3 is 15.0 Å². The highest BCUT2D eigenvalue weighted by molar-refractivity contribution is 6.06. The van der Waals surface area contributed by atoms with Crippen LogP contribution >= 0.6 is 0 Å². The van der Waals surface area contributed by atoms with E-state index < -0.39 is 5.91 Å². The van der Waals surface area contributed by atoms with Gasteiger partial charge in [-0.3, -0.25) is 14.4 Å². The lowest BCUT2D eigenvalue weighted by Gasteiger charge is -2.07. The van der Waals surface area contributed by atoms with Crippen molar-refractivity contribution < 1.29 is 14.3 Å². The molecule has 0 radical (unpaired) electrons. The number of methoxy groups -OCH3 is 1. The van der Waals surface area contributed by atoms with Crippen LogP contribution in [0.3, 0.4) is 0 Å². The molecule has 0 unspecified atom stereocenters. The second-order valence-electron chi connectivity index (χ2n) is 5.53. The third kappa shape index (κ3) is 3.28. The highest BCUT2D eigenvalue weighted by Crippen LogP contribution is 2.17. The van der Waals surface area contributed by atoms with Crippen LogP contribution in [0.5, 0.6) is 5.75 Å². The van der Waals surface area contributed by atoms with Crippen molar-refractivity contribution in [1.82, 2.24) is 4.98 Å². The van der Waals surface area contributed by atoms with Gasteiger partial charge in [-0.1, -0.05) is 0 Å². The Morgan fingerprint density at radius 3 is 2.44 bits per heavy atom. The van der Waals surface area contributed by atoms with Crippen molar-refractivity contribution in [3.05, 3.63) is 70.0 Å². The van der Waals surface area contributed by atoms with Gasteiger partial charge in [-0.05, 0) is 49.4 Å². The summed E-state index contributed by atoms with van der Waals surface area (Å²) in [6.45, 7) is 1.47. The maximum absolute atomic E-state index is 12.6. The minimum Gasteiger partial charge on any atom is -0.497 e. The summed E-state index contributed by atoms with van der Waals surface area (Å²) in [6.07, 6.45) is 1.39. The fourth-order valence-corrected chi connectivity index (χ4v) is 2.48. The maximum Gasteiger partial charge on any atom is 0.261 e. The number of amides is 1. The maximum atomic E-state index is 12.6. The fraction of sp³-hybridized carbons (Fsp3) is 0.105. The van der Waals surface area contributed by atoms with Gasteiger partial charge in [-0.15, -0.1) is 0 Å². The minimum absolute atomic E-state index is 0.00334. The van der Waals surface area contributed by atoms with E-state index in [1.807, 2.05) is 0 Å². The lowest BCUT2D eigenvalue weighted by molar-refractivity contribution is 0.101. The van der Waals surface area contributed by atoms with E-state index in [1.54, 1.807) is 42.5 Å². The molecule has 0 saturated carbocycles. The molecular formula is C19H16N2O4. The molecule has 1 aromatic heterocycles. The minimum atomic E-state index is -0.526. The summed E-state index contributed by atoms with van der Waals surface area (Å²) in [5.41, 5.74) is 1.28. The van der Waals surface area contributed by atoms with Crippen molar-refractivity contribution in [3.63, 3.8) is 0 Å². The number of Topliss-reactive ketones (excluding diaryl/α,β-unsaturated/α-hetero) is 1. The standard InChI is InChI=1S/C19H16N2O4/c1-11(22)12-3-5-13(6-4-12)21-19(24)16-10-20-17-8-7-14(25-2)9-15(17)18(16)23/h3-10H,1-2H3,(H,20,23)(H,21,24). The molecule has 6 heteroatoms. The number of fused-ring (bicyclic) bond motifs is 1. The summed E-state index contributed by atoms with van der Waals surface area (Å²) < 4.78 is 5.12. The van der Waals surface area contributed by atoms with Crippen LogP contribution in [0, 0.1) is 0 Å². The SMILES string of the molecule is COc1ccc2[nH]cc(C(=O)Nc3ccc(C(C)=O)cc3)c(=O)c2c1. The van der Waals surface area contributed by atoms with Crippen LogP contribution in [0.4, 0.5) is 5.69 Å². The lowest BCUT2D eigenvalue weighted by atomic mass is 10.1. The van der Waals surface area contributed by atoms with Crippen molar-refractivity contribution in [2.45, 2.75) is 6.92 Å². The van der Waals surface area contributed by atoms with Gasteiger partial charge in [-0.25, -0.2) is 0 Å². The topological polar surface area (TPSA) is 88.3 Å². The van der Waals surface area contributed by atoms with Gasteiger partial charge in [0.1, 0.15) is 11.3 Å². The van der Waals surface area contributed by atoms with Crippen LogP contribution in [-0.4, -0.2) is 23.8 Å². The first kappa shape index (κ1) is 16.4. The highest BCUT2D eigenvalue weighted by Gasteiger charge is 2.14. The van der Waals surface area contributed by atoms with E-state index in [0.717, 1.165) is 0 Å². The fourth-order valence-electron chi connectivity index (χ4n) is 2.48. The molecule has 1 heterocycles. The molecule has 0 bridgehead atoms. The Morgan fingerprint density at radius 1 is 1.08 bits per heavy atom. The van der Waals surface area contributed by atoms with Gasteiger partial charge >= 0.3 is 0 Å². The Labute approximate surface area is 143 Å². The number of anilines is 1. The molecule has 0 saturated heterocycles. The first-order valence-electron chi connectivity index (χ1n) is 7.61. The third-order valence-corrected chi connectivity index (χ3v) is 3.88. The number of nitrogens with one attached hydrogen (secondary N) is 2. The average molecular weight is 336 g/mol. The van der Waals surface area contributed by atoms with E-state index >= 15 is 0 Å². The van der Waals surface area contributed by atoms with E-state index in [4.69, 9.17) is 4.74 Å². The van der Waals surface area contributed by atoms with Gasteiger partial charge in [0.05, 0.1) is 7.11 Å². The predicted molar refractivity (Wildman–Crippen MR) is 95.5 cm³/mol. The molecule has 3 rings (SSSR count). The molecule has 2 N–H and O–H groups in total. The summed E-state index contributed by atoms with van der Waals surface area (Å²) in [4.78, 5) is 39.2. The van der Waals surface area contributed by atoms with E-state index in [-0.39, 0.29) is 16.8 Å². The van der Waals surface area contributed by atoms with Gasteiger partial charge in [-0.2, -0.15) is 0 Å². The summed E-state index contributed by atoms with van der Waals surface area (Å²) in [5.74, 6) is -0.0466. The third-order valence-electron chi connectivity index (χ3n) is 3.88. The van der Waals surface area contributed by atoms with Crippen LogP contribution in [0.2, 0.25) is 0 Å². The second-order valence-corrected chi connectivity index (χ2v) is 5.53. The van der Waals surface area contributed by atoms with Gasteiger partial charge in [0.15, 0.2) is 5.78 Å². The first-order chi connectivity index (χ1) is 12.0. The van der Waals surface area contributed by atoms with Crippen molar-refractivity contribution in [3.8, 4) is 5.75 Å².